The number of aromatic nitrogens is 3. The van der Waals surface area contributed by atoms with Gasteiger partial charge in [0.05, 0.1) is 17.6 Å². The highest BCUT2D eigenvalue weighted by Gasteiger charge is 2.18. The van der Waals surface area contributed by atoms with Crippen molar-refractivity contribution in [3.63, 3.8) is 0 Å². The zero-order chi connectivity index (χ0) is 13.2. The van der Waals surface area contributed by atoms with Crippen LogP contribution in [-0.4, -0.2) is 20.3 Å². The first-order chi connectivity index (χ1) is 8.52. The van der Waals surface area contributed by atoms with Crippen molar-refractivity contribution in [2.75, 3.05) is 5.33 Å². The predicted molar refractivity (Wildman–Crippen MR) is 77.6 cm³/mol. The van der Waals surface area contributed by atoms with Crippen LogP contribution in [0.4, 0.5) is 0 Å². The van der Waals surface area contributed by atoms with E-state index in [1.54, 1.807) is 0 Å². The Morgan fingerprint density at radius 2 is 1.94 bits per heavy atom. The van der Waals surface area contributed by atoms with Crippen LogP contribution >= 0.6 is 15.9 Å². The van der Waals surface area contributed by atoms with E-state index in [0.717, 1.165) is 23.1 Å². The van der Waals surface area contributed by atoms with E-state index < -0.39 is 0 Å². The monoisotopic (exact) mass is 307 g/mol. The number of aryl methyl sites for hydroxylation is 1. The Balaban J connectivity index is 2.43. The summed E-state index contributed by atoms with van der Waals surface area (Å²) < 4.78 is 1.87. The molecule has 0 saturated carbocycles. The van der Waals surface area contributed by atoms with Crippen molar-refractivity contribution in [1.29, 1.82) is 0 Å². The molecule has 0 N–H and O–H groups in total. The number of hydrogen-bond acceptors (Lipinski definition) is 2. The van der Waals surface area contributed by atoms with Gasteiger partial charge in [-0.25, -0.2) is 4.68 Å². The van der Waals surface area contributed by atoms with E-state index in [9.17, 15) is 0 Å². The van der Waals surface area contributed by atoms with Crippen LogP contribution < -0.4 is 0 Å². The number of benzene rings is 1. The van der Waals surface area contributed by atoms with E-state index in [0.29, 0.717) is 0 Å². The number of nitrogens with zero attached hydrogens (tertiary/aromatic N) is 3. The smallest absolute Gasteiger partial charge is 0.0840 e. The molecule has 96 valence electrons. The second-order valence-corrected chi connectivity index (χ2v) is 6.15. The highest BCUT2D eigenvalue weighted by Crippen LogP contribution is 2.27. The Kier molecular flexibility index (Phi) is 3.85. The van der Waals surface area contributed by atoms with Gasteiger partial charge < -0.3 is 0 Å². The van der Waals surface area contributed by atoms with E-state index >= 15 is 0 Å². The molecule has 0 atom stereocenters. The van der Waals surface area contributed by atoms with E-state index in [2.05, 4.69) is 65.2 Å². The van der Waals surface area contributed by atoms with Crippen molar-refractivity contribution in [3.05, 3.63) is 41.7 Å². The molecule has 2 rings (SSSR count). The van der Waals surface area contributed by atoms with Gasteiger partial charge in [-0.1, -0.05) is 60.1 Å². The van der Waals surface area contributed by atoms with Crippen LogP contribution in [0.15, 0.2) is 30.5 Å². The molecule has 0 bridgehead atoms. The molecular formula is C14H18BrN3. The molecule has 0 aliphatic heterocycles. The molecule has 1 aromatic carbocycles. The normalized spacial score (nSPS) is 11.8. The zero-order valence-corrected chi connectivity index (χ0v) is 12.6. The summed E-state index contributed by atoms with van der Waals surface area (Å²) in [6.45, 7) is 6.63. The average Bonchev–Trinajstić information content (AvgIpc) is 2.77. The molecule has 1 aromatic heterocycles. The maximum Gasteiger partial charge on any atom is 0.0840 e. The highest BCUT2D eigenvalue weighted by molar-refractivity contribution is 9.09. The lowest BCUT2D eigenvalue weighted by atomic mass is 9.86. The average molecular weight is 308 g/mol. The molecule has 0 fully saturated rings. The number of alkyl halides is 1. The van der Waals surface area contributed by atoms with Crippen LogP contribution in [0.25, 0.3) is 5.69 Å². The topological polar surface area (TPSA) is 30.7 Å². The second-order valence-electron chi connectivity index (χ2n) is 5.36. The van der Waals surface area contributed by atoms with Gasteiger partial charge >= 0.3 is 0 Å². The lowest BCUT2D eigenvalue weighted by Gasteiger charge is -2.22. The van der Waals surface area contributed by atoms with E-state index in [4.69, 9.17) is 0 Å². The van der Waals surface area contributed by atoms with Crippen molar-refractivity contribution in [1.82, 2.24) is 15.0 Å². The summed E-state index contributed by atoms with van der Waals surface area (Å²) in [4.78, 5) is 0. The summed E-state index contributed by atoms with van der Waals surface area (Å²) >= 11 is 3.42. The van der Waals surface area contributed by atoms with E-state index in [1.807, 2.05) is 16.9 Å². The van der Waals surface area contributed by atoms with Crippen molar-refractivity contribution in [2.45, 2.75) is 32.6 Å². The highest BCUT2D eigenvalue weighted by atomic mass is 79.9. The van der Waals surface area contributed by atoms with Crippen molar-refractivity contribution < 1.29 is 0 Å². The van der Waals surface area contributed by atoms with Gasteiger partial charge in [0, 0.05) is 11.8 Å². The van der Waals surface area contributed by atoms with Crippen LogP contribution in [-0.2, 0) is 11.8 Å². The van der Waals surface area contributed by atoms with Crippen LogP contribution in [0.5, 0.6) is 0 Å². The number of halogens is 1. The van der Waals surface area contributed by atoms with Crippen LogP contribution in [0.1, 0.15) is 32.0 Å². The molecule has 0 aliphatic rings. The Morgan fingerprint density at radius 1 is 1.22 bits per heavy atom. The van der Waals surface area contributed by atoms with Gasteiger partial charge in [-0.05, 0) is 17.0 Å². The number of hydrogen-bond donors (Lipinski definition) is 0. The van der Waals surface area contributed by atoms with Gasteiger partial charge in [0.1, 0.15) is 0 Å². The van der Waals surface area contributed by atoms with Crippen LogP contribution in [0.2, 0.25) is 0 Å². The van der Waals surface area contributed by atoms with Gasteiger partial charge in [-0.2, -0.15) is 0 Å². The molecule has 0 radical (unpaired) electrons. The maximum absolute atomic E-state index is 4.23. The summed E-state index contributed by atoms with van der Waals surface area (Å²) in [7, 11) is 0. The number of rotatable bonds is 3. The van der Waals surface area contributed by atoms with E-state index in [-0.39, 0.29) is 5.41 Å². The molecule has 3 nitrogen and oxygen atoms in total. The molecular weight excluding hydrogens is 290 g/mol. The molecule has 0 unspecified atom stereocenters. The first kappa shape index (κ1) is 13.3. The molecule has 0 spiro atoms. The molecule has 0 saturated heterocycles. The summed E-state index contributed by atoms with van der Waals surface area (Å²) in [5.41, 5.74) is 3.49. The fourth-order valence-corrected chi connectivity index (χ4v) is 2.34. The second kappa shape index (κ2) is 5.22. The lowest BCUT2D eigenvalue weighted by Crippen LogP contribution is -2.15. The third kappa shape index (κ3) is 2.80. The third-order valence-corrected chi connectivity index (χ3v) is 3.25. The molecule has 1 heterocycles. The van der Waals surface area contributed by atoms with Gasteiger partial charge in [-0.15, -0.1) is 5.10 Å². The minimum Gasteiger partial charge on any atom is -0.220 e. The maximum atomic E-state index is 4.23. The Morgan fingerprint density at radius 3 is 2.61 bits per heavy atom. The standard InChI is InChI=1S/C14H18BrN3/c1-14(2,3)12-6-4-5-7-13(12)18-10-11(8-9-15)16-17-18/h4-7,10H,8-9H2,1-3H3. The van der Waals surface area contributed by atoms with Gasteiger partial charge in [0.15, 0.2) is 0 Å². The fraction of sp³-hybridized carbons (Fsp3) is 0.429. The Bertz CT molecular complexity index is 526. The van der Waals surface area contributed by atoms with E-state index in [1.165, 1.54) is 5.56 Å². The molecule has 2 aromatic rings. The van der Waals surface area contributed by atoms with Gasteiger partial charge in [-0.3, -0.25) is 0 Å². The number of para-hydroxylation sites is 1. The first-order valence-corrected chi connectivity index (χ1v) is 7.21. The predicted octanol–water partition coefficient (Wildman–Crippen LogP) is 3.50. The summed E-state index contributed by atoms with van der Waals surface area (Å²) in [5.74, 6) is 0. The molecule has 0 amide bonds. The largest absolute Gasteiger partial charge is 0.220 e. The zero-order valence-electron chi connectivity index (χ0n) is 11.0. The van der Waals surface area contributed by atoms with Crippen molar-refractivity contribution in [3.8, 4) is 5.69 Å². The van der Waals surface area contributed by atoms with Crippen molar-refractivity contribution >= 4 is 15.9 Å². The van der Waals surface area contributed by atoms with Crippen LogP contribution in [0, 0.1) is 0 Å². The van der Waals surface area contributed by atoms with Crippen LogP contribution in [0.3, 0.4) is 0 Å². The lowest BCUT2D eigenvalue weighted by molar-refractivity contribution is 0.582. The quantitative estimate of drug-likeness (QED) is 0.813. The van der Waals surface area contributed by atoms with Crippen molar-refractivity contribution in [2.24, 2.45) is 0 Å². The minimum absolute atomic E-state index is 0.0954. The minimum atomic E-state index is 0.0954. The molecule has 4 heteroatoms. The van der Waals surface area contributed by atoms with Gasteiger partial charge in [0.25, 0.3) is 0 Å². The SMILES string of the molecule is CC(C)(C)c1ccccc1-n1cc(CCBr)nn1. The summed E-state index contributed by atoms with van der Waals surface area (Å²) in [5, 5.41) is 9.32. The molecule has 0 aliphatic carbocycles. The Hall–Kier alpha value is -1.16. The van der Waals surface area contributed by atoms with Gasteiger partial charge in [0.2, 0.25) is 0 Å². The molecule has 18 heavy (non-hydrogen) atoms. The summed E-state index contributed by atoms with van der Waals surface area (Å²) in [6.07, 6.45) is 2.91. The summed E-state index contributed by atoms with van der Waals surface area (Å²) in [6, 6.07) is 8.35. The fourth-order valence-electron chi connectivity index (χ4n) is 1.94. The first-order valence-electron chi connectivity index (χ1n) is 6.09. The Labute approximate surface area is 116 Å². The third-order valence-electron chi connectivity index (χ3n) is 2.85.